The third-order valence-corrected chi connectivity index (χ3v) is 7.70. The standard InChI is InChI=1S/C25H24N4O2S/c1-2-28-20-7-4-3-6-17(20)11-22(28)24-26-19(15-32-24)25(31)27-12-16-10-18(14-27)21-8-5-9-23(30)29(21)13-16/h3-9,11,15-16,18H,2,10,12-14H2,1H3. The normalized spacial score (nSPS) is 19.8. The lowest BCUT2D eigenvalue weighted by atomic mass is 9.83. The van der Waals surface area contributed by atoms with Gasteiger partial charge in [-0.25, -0.2) is 4.98 Å². The second-order valence-corrected chi connectivity index (χ2v) is 9.64. The van der Waals surface area contributed by atoms with Gasteiger partial charge in [0.1, 0.15) is 10.7 Å². The minimum Gasteiger partial charge on any atom is -0.339 e. The molecule has 162 valence electrons. The summed E-state index contributed by atoms with van der Waals surface area (Å²) in [6.07, 6.45) is 1.03. The number of hydrogen-bond donors (Lipinski definition) is 0. The first-order valence-electron chi connectivity index (χ1n) is 11.2. The van der Waals surface area contributed by atoms with E-state index in [1.807, 2.05) is 33.0 Å². The van der Waals surface area contributed by atoms with Crippen molar-refractivity contribution < 1.29 is 4.79 Å². The molecule has 5 heterocycles. The Morgan fingerprint density at radius 1 is 1.12 bits per heavy atom. The van der Waals surface area contributed by atoms with Crippen molar-refractivity contribution >= 4 is 28.1 Å². The van der Waals surface area contributed by atoms with E-state index in [9.17, 15) is 9.59 Å². The number of fused-ring (bicyclic) bond motifs is 5. The molecule has 2 bridgehead atoms. The number of aromatic nitrogens is 3. The van der Waals surface area contributed by atoms with Gasteiger partial charge < -0.3 is 14.0 Å². The van der Waals surface area contributed by atoms with Gasteiger partial charge in [-0.15, -0.1) is 11.3 Å². The second kappa shape index (κ2) is 7.45. The molecular formula is C25H24N4O2S. The van der Waals surface area contributed by atoms with Gasteiger partial charge in [-0.3, -0.25) is 9.59 Å². The minimum absolute atomic E-state index is 0.00640. The zero-order valence-corrected chi connectivity index (χ0v) is 18.7. The summed E-state index contributed by atoms with van der Waals surface area (Å²) in [5.74, 6) is 0.514. The number of hydrogen-bond acceptors (Lipinski definition) is 4. The van der Waals surface area contributed by atoms with E-state index in [0.29, 0.717) is 31.2 Å². The molecule has 0 aliphatic carbocycles. The van der Waals surface area contributed by atoms with Crippen molar-refractivity contribution in [3.63, 3.8) is 0 Å². The van der Waals surface area contributed by atoms with Crippen LogP contribution in [0.3, 0.4) is 0 Å². The van der Waals surface area contributed by atoms with E-state index >= 15 is 0 Å². The first kappa shape index (κ1) is 19.5. The van der Waals surface area contributed by atoms with Crippen molar-refractivity contribution in [2.45, 2.75) is 32.4 Å². The lowest BCUT2D eigenvalue weighted by Crippen LogP contribution is -2.49. The summed E-state index contributed by atoms with van der Waals surface area (Å²) >= 11 is 1.53. The Bertz CT molecular complexity index is 1400. The van der Waals surface area contributed by atoms with Gasteiger partial charge in [-0.2, -0.15) is 0 Å². The fourth-order valence-electron chi connectivity index (χ4n) is 5.44. The molecule has 7 heteroatoms. The maximum atomic E-state index is 13.4. The van der Waals surface area contributed by atoms with Gasteiger partial charge in [-0.1, -0.05) is 24.3 Å². The molecule has 2 aliphatic rings. The Kier molecular flexibility index (Phi) is 4.54. The molecule has 0 saturated carbocycles. The van der Waals surface area contributed by atoms with Crippen molar-refractivity contribution in [1.82, 2.24) is 19.0 Å². The van der Waals surface area contributed by atoms with Crippen LogP contribution in [0.1, 0.15) is 35.4 Å². The molecule has 2 unspecified atom stereocenters. The Labute approximate surface area is 189 Å². The molecule has 1 saturated heterocycles. The van der Waals surface area contributed by atoms with E-state index in [2.05, 4.69) is 35.8 Å². The highest BCUT2D eigenvalue weighted by molar-refractivity contribution is 7.13. The number of amides is 1. The zero-order chi connectivity index (χ0) is 21.8. The number of para-hydroxylation sites is 1. The lowest BCUT2D eigenvalue weighted by molar-refractivity contribution is 0.0589. The predicted molar refractivity (Wildman–Crippen MR) is 126 cm³/mol. The van der Waals surface area contributed by atoms with E-state index in [0.717, 1.165) is 29.4 Å². The molecule has 1 amide bonds. The molecule has 4 aromatic rings. The molecule has 32 heavy (non-hydrogen) atoms. The number of nitrogens with zero attached hydrogens (tertiary/aromatic N) is 4. The monoisotopic (exact) mass is 444 g/mol. The number of benzene rings is 1. The van der Waals surface area contributed by atoms with Gasteiger partial charge in [-0.05, 0) is 37.5 Å². The van der Waals surface area contributed by atoms with Crippen molar-refractivity contribution in [3.8, 4) is 10.7 Å². The maximum absolute atomic E-state index is 13.4. The average Bonchev–Trinajstić information content (AvgIpc) is 3.44. The molecule has 0 spiro atoms. The Morgan fingerprint density at radius 2 is 2.00 bits per heavy atom. The van der Waals surface area contributed by atoms with Gasteiger partial charge >= 0.3 is 0 Å². The fourth-order valence-corrected chi connectivity index (χ4v) is 6.26. The largest absolute Gasteiger partial charge is 0.339 e. The SMILES string of the molecule is CCn1c(-c2nc(C(=O)N3CC4CC(C3)c3cccc(=O)n3C4)cs2)cc2ccccc21. The van der Waals surface area contributed by atoms with Crippen molar-refractivity contribution in [2.75, 3.05) is 13.1 Å². The summed E-state index contributed by atoms with van der Waals surface area (Å²) in [6, 6.07) is 16.0. The first-order chi connectivity index (χ1) is 15.6. The lowest BCUT2D eigenvalue weighted by Gasteiger charge is -2.42. The predicted octanol–water partition coefficient (Wildman–Crippen LogP) is 4.21. The average molecular weight is 445 g/mol. The Balaban J connectivity index is 1.29. The summed E-state index contributed by atoms with van der Waals surface area (Å²) in [6.45, 7) is 4.98. The number of pyridine rings is 1. The van der Waals surface area contributed by atoms with Crippen LogP contribution in [-0.2, 0) is 13.1 Å². The number of aryl methyl sites for hydroxylation is 1. The topological polar surface area (TPSA) is 60.1 Å². The first-order valence-corrected chi connectivity index (χ1v) is 12.0. The van der Waals surface area contributed by atoms with Crippen LogP contribution >= 0.6 is 11.3 Å². The molecule has 0 N–H and O–H groups in total. The van der Waals surface area contributed by atoms with E-state index in [1.165, 1.54) is 22.2 Å². The molecular weight excluding hydrogens is 420 g/mol. The van der Waals surface area contributed by atoms with Crippen LogP contribution in [0.15, 0.2) is 58.7 Å². The van der Waals surface area contributed by atoms with Gasteiger partial charge in [0.25, 0.3) is 11.5 Å². The smallest absolute Gasteiger partial charge is 0.273 e. The van der Waals surface area contributed by atoms with Crippen LogP contribution in [0.25, 0.3) is 21.6 Å². The molecule has 1 fully saturated rings. The van der Waals surface area contributed by atoms with Crippen molar-refractivity contribution in [2.24, 2.45) is 5.92 Å². The minimum atomic E-state index is -0.00640. The van der Waals surface area contributed by atoms with Crippen molar-refractivity contribution in [1.29, 1.82) is 0 Å². The summed E-state index contributed by atoms with van der Waals surface area (Å²) in [5.41, 5.74) is 3.88. The fraction of sp³-hybridized carbons (Fsp3) is 0.320. The molecule has 3 aromatic heterocycles. The summed E-state index contributed by atoms with van der Waals surface area (Å²) in [7, 11) is 0. The van der Waals surface area contributed by atoms with Gasteiger partial charge in [0.15, 0.2) is 0 Å². The molecule has 6 nitrogen and oxygen atoms in total. The molecule has 2 atom stereocenters. The third kappa shape index (κ3) is 3.03. The summed E-state index contributed by atoms with van der Waals surface area (Å²) in [5, 5.41) is 3.95. The number of likely N-dealkylation sites (tertiary alicyclic amines) is 1. The maximum Gasteiger partial charge on any atom is 0.273 e. The number of piperidine rings is 1. The highest BCUT2D eigenvalue weighted by Crippen LogP contribution is 2.36. The highest BCUT2D eigenvalue weighted by atomic mass is 32.1. The third-order valence-electron chi connectivity index (χ3n) is 6.84. The van der Waals surface area contributed by atoms with E-state index in [1.54, 1.807) is 6.07 Å². The number of rotatable bonds is 3. The van der Waals surface area contributed by atoms with Gasteiger partial charge in [0.2, 0.25) is 0 Å². The Morgan fingerprint density at radius 3 is 2.88 bits per heavy atom. The van der Waals surface area contributed by atoms with E-state index in [4.69, 9.17) is 4.98 Å². The summed E-state index contributed by atoms with van der Waals surface area (Å²) in [4.78, 5) is 32.3. The van der Waals surface area contributed by atoms with Crippen LogP contribution in [0.5, 0.6) is 0 Å². The Hall–Kier alpha value is -3.19. The summed E-state index contributed by atoms with van der Waals surface area (Å²) < 4.78 is 4.15. The van der Waals surface area contributed by atoms with Gasteiger partial charge in [0, 0.05) is 60.1 Å². The number of thiazole rings is 1. The van der Waals surface area contributed by atoms with E-state index in [-0.39, 0.29) is 17.4 Å². The zero-order valence-electron chi connectivity index (χ0n) is 17.9. The van der Waals surface area contributed by atoms with Crippen LogP contribution in [0.2, 0.25) is 0 Å². The highest BCUT2D eigenvalue weighted by Gasteiger charge is 2.37. The van der Waals surface area contributed by atoms with E-state index < -0.39 is 0 Å². The molecule has 2 aliphatic heterocycles. The van der Waals surface area contributed by atoms with Crippen molar-refractivity contribution in [3.05, 3.63) is 75.7 Å². The second-order valence-electron chi connectivity index (χ2n) is 8.78. The number of carbonyl (C=O) groups is 1. The molecule has 0 radical (unpaired) electrons. The van der Waals surface area contributed by atoms with Gasteiger partial charge in [0.05, 0.1) is 5.69 Å². The molecule has 1 aromatic carbocycles. The van der Waals surface area contributed by atoms with Crippen LogP contribution in [-0.4, -0.2) is 38.0 Å². The number of carbonyl (C=O) groups excluding carboxylic acids is 1. The van der Waals surface area contributed by atoms with Crippen LogP contribution in [0, 0.1) is 5.92 Å². The quantitative estimate of drug-likeness (QED) is 0.476. The molecule has 6 rings (SSSR count). The van der Waals surface area contributed by atoms with Crippen LogP contribution < -0.4 is 5.56 Å². The van der Waals surface area contributed by atoms with Crippen LogP contribution in [0.4, 0.5) is 0 Å².